The van der Waals surface area contributed by atoms with Crippen molar-refractivity contribution >= 4 is 33.2 Å². The molecule has 0 atom stereocenters. The topological polar surface area (TPSA) is 83.8 Å². The zero-order valence-electron chi connectivity index (χ0n) is 12.0. The number of anilines is 2. The predicted molar refractivity (Wildman–Crippen MR) is 86.5 cm³/mol. The normalized spacial score (nSPS) is 14.2. The van der Waals surface area contributed by atoms with Crippen LogP contribution in [0, 0.1) is 13.8 Å². The van der Waals surface area contributed by atoms with E-state index in [0.29, 0.717) is 11.6 Å². The van der Waals surface area contributed by atoms with Crippen LogP contribution in [0.1, 0.15) is 46.1 Å². The molecule has 4 N–H and O–H groups in total. The quantitative estimate of drug-likeness (QED) is 0.793. The molecular weight excluding hydrogens is 332 g/mol. The van der Waals surface area contributed by atoms with Crippen LogP contribution >= 0.6 is 15.9 Å². The third-order valence-corrected chi connectivity index (χ3v) is 4.23. The first kappa shape index (κ1) is 14.1. The number of nitrogens with zero attached hydrogens (tertiary/aromatic N) is 1. The summed E-state index contributed by atoms with van der Waals surface area (Å²) in [5.41, 5.74) is 10.5. The molecule has 0 bridgehead atoms. The average Bonchev–Trinajstić information content (AvgIpc) is 3.17. The van der Waals surface area contributed by atoms with Crippen LogP contribution in [0.15, 0.2) is 16.6 Å². The number of carbonyl (C=O) groups is 1. The number of hydrogen-bond donors (Lipinski definition) is 3. The average molecular weight is 349 g/mol. The van der Waals surface area contributed by atoms with Crippen molar-refractivity contribution in [3.05, 3.63) is 39.1 Å². The molecule has 21 heavy (non-hydrogen) atoms. The van der Waals surface area contributed by atoms with E-state index in [4.69, 9.17) is 5.73 Å². The van der Waals surface area contributed by atoms with Crippen LogP contribution in [0.3, 0.4) is 0 Å². The molecule has 0 saturated heterocycles. The van der Waals surface area contributed by atoms with Crippen LogP contribution in [-0.2, 0) is 0 Å². The molecule has 0 aliphatic heterocycles. The predicted octanol–water partition coefficient (Wildman–Crippen LogP) is 3.50. The number of nitrogens with one attached hydrogen (secondary N) is 2. The molecule has 1 aromatic carbocycles. The Kier molecular flexibility index (Phi) is 3.49. The molecule has 0 spiro atoms. The fourth-order valence-electron chi connectivity index (χ4n) is 2.50. The number of nitrogens with two attached hydrogens (primary N) is 1. The lowest BCUT2D eigenvalue weighted by Crippen LogP contribution is -2.16. The minimum Gasteiger partial charge on any atom is -0.395 e. The van der Waals surface area contributed by atoms with Gasteiger partial charge in [-0.25, -0.2) is 0 Å². The molecule has 3 rings (SSSR count). The maximum absolute atomic E-state index is 12.4. The van der Waals surface area contributed by atoms with E-state index >= 15 is 0 Å². The van der Waals surface area contributed by atoms with Gasteiger partial charge < -0.3 is 11.1 Å². The Morgan fingerprint density at radius 1 is 1.38 bits per heavy atom. The summed E-state index contributed by atoms with van der Waals surface area (Å²) in [4.78, 5) is 12.4. The Morgan fingerprint density at radius 3 is 2.57 bits per heavy atom. The number of rotatable bonds is 3. The number of nitrogen functional groups attached to an aromatic ring is 1. The van der Waals surface area contributed by atoms with E-state index in [1.807, 2.05) is 26.0 Å². The molecule has 1 aliphatic carbocycles. The third kappa shape index (κ3) is 2.68. The van der Waals surface area contributed by atoms with Crippen molar-refractivity contribution in [2.45, 2.75) is 32.6 Å². The van der Waals surface area contributed by atoms with Gasteiger partial charge in [-0.05, 0) is 49.9 Å². The molecule has 0 radical (unpaired) electrons. The second-order valence-corrected chi connectivity index (χ2v) is 6.46. The van der Waals surface area contributed by atoms with Gasteiger partial charge in [0, 0.05) is 16.1 Å². The van der Waals surface area contributed by atoms with E-state index in [-0.39, 0.29) is 11.6 Å². The summed E-state index contributed by atoms with van der Waals surface area (Å²) in [6, 6.07) is 3.93. The van der Waals surface area contributed by atoms with E-state index in [9.17, 15) is 4.79 Å². The SMILES string of the molecule is Cc1cc(Br)cc(C)c1NC(=O)c1n[nH]c(C2CC2)c1N. The molecule has 1 amide bonds. The number of benzene rings is 1. The number of hydrogen-bond acceptors (Lipinski definition) is 3. The number of aromatic nitrogens is 2. The van der Waals surface area contributed by atoms with Crippen molar-refractivity contribution in [2.75, 3.05) is 11.1 Å². The summed E-state index contributed by atoms with van der Waals surface area (Å²) >= 11 is 3.45. The van der Waals surface area contributed by atoms with Crippen LogP contribution in [0.4, 0.5) is 11.4 Å². The van der Waals surface area contributed by atoms with Gasteiger partial charge in [-0.2, -0.15) is 5.10 Å². The van der Waals surface area contributed by atoms with Crippen molar-refractivity contribution in [1.82, 2.24) is 10.2 Å². The van der Waals surface area contributed by atoms with E-state index < -0.39 is 0 Å². The van der Waals surface area contributed by atoms with E-state index in [1.165, 1.54) is 0 Å². The highest BCUT2D eigenvalue weighted by molar-refractivity contribution is 9.10. The smallest absolute Gasteiger partial charge is 0.278 e. The van der Waals surface area contributed by atoms with Crippen LogP contribution < -0.4 is 11.1 Å². The third-order valence-electron chi connectivity index (χ3n) is 3.77. The molecule has 1 aliphatic rings. The Balaban J connectivity index is 1.87. The summed E-state index contributed by atoms with van der Waals surface area (Å²) in [7, 11) is 0. The number of aromatic amines is 1. The summed E-state index contributed by atoms with van der Waals surface area (Å²) < 4.78 is 0.991. The number of amides is 1. The highest BCUT2D eigenvalue weighted by Gasteiger charge is 2.30. The van der Waals surface area contributed by atoms with Gasteiger partial charge in [0.15, 0.2) is 5.69 Å². The lowest BCUT2D eigenvalue weighted by atomic mass is 10.1. The van der Waals surface area contributed by atoms with Gasteiger partial charge in [-0.1, -0.05) is 15.9 Å². The van der Waals surface area contributed by atoms with Gasteiger partial charge in [0.25, 0.3) is 5.91 Å². The Morgan fingerprint density at radius 2 is 2.00 bits per heavy atom. The second kappa shape index (κ2) is 5.18. The van der Waals surface area contributed by atoms with Crippen molar-refractivity contribution < 1.29 is 4.79 Å². The highest BCUT2D eigenvalue weighted by atomic mass is 79.9. The minimum absolute atomic E-state index is 0.274. The molecule has 6 heteroatoms. The molecule has 1 saturated carbocycles. The maximum Gasteiger partial charge on any atom is 0.278 e. The first-order valence-electron chi connectivity index (χ1n) is 6.89. The van der Waals surface area contributed by atoms with Gasteiger partial charge in [0.05, 0.1) is 11.4 Å². The van der Waals surface area contributed by atoms with E-state index in [1.54, 1.807) is 0 Å². The van der Waals surface area contributed by atoms with Crippen molar-refractivity contribution in [2.24, 2.45) is 0 Å². The van der Waals surface area contributed by atoms with Gasteiger partial charge in [0.2, 0.25) is 0 Å². The molecule has 1 aromatic heterocycles. The Bertz CT molecular complexity index is 695. The monoisotopic (exact) mass is 348 g/mol. The van der Waals surface area contributed by atoms with Gasteiger partial charge in [-0.15, -0.1) is 0 Å². The lowest BCUT2D eigenvalue weighted by molar-refractivity contribution is 0.102. The van der Waals surface area contributed by atoms with Crippen LogP contribution in [-0.4, -0.2) is 16.1 Å². The van der Waals surface area contributed by atoms with Crippen LogP contribution in [0.25, 0.3) is 0 Å². The number of aryl methyl sites for hydroxylation is 2. The first-order chi connectivity index (χ1) is 9.97. The molecule has 1 fully saturated rings. The maximum atomic E-state index is 12.4. The molecular formula is C15H17BrN4O. The lowest BCUT2D eigenvalue weighted by Gasteiger charge is -2.11. The molecule has 0 unspecified atom stereocenters. The van der Waals surface area contributed by atoms with Gasteiger partial charge >= 0.3 is 0 Å². The molecule has 2 aromatic rings. The Hall–Kier alpha value is -1.82. The summed E-state index contributed by atoms with van der Waals surface area (Å²) in [6.07, 6.45) is 2.22. The first-order valence-corrected chi connectivity index (χ1v) is 7.68. The fraction of sp³-hybridized carbons (Fsp3) is 0.333. The highest BCUT2D eigenvalue weighted by Crippen LogP contribution is 2.42. The largest absolute Gasteiger partial charge is 0.395 e. The summed E-state index contributed by atoms with van der Waals surface area (Å²) in [5.74, 6) is 0.166. The zero-order chi connectivity index (χ0) is 15.1. The van der Waals surface area contributed by atoms with Gasteiger partial charge in [0.1, 0.15) is 0 Å². The summed E-state index contributed by atoms with van der Waals surface area (Å²) in [5, 5.41) is 9.89. The second-order valence-electron chi connectivity index (χ2n) is 5.54. The zero-order valence-corrected chi connectivity index (χ0v) is 13.5. The number of carbonyl (C=O) groups excluding carboxylic acids is 1. The Labute approximate surface area is 131 Å². The molecule has 110 valence electrons. The standard InChI is InChI=1S/C15H17BrN4O/c1-7-5-10(16)6-8(2)12(7)18-15(21)14-11(17)13(19-20-14)9-3-4-9/h5-6,9H,3-4,17H2,1-2H3,(H,18,21)(H,19,20). The van der Waals surface area contributed by atoms with Crippen LogP contribution in [0.2, 0.25) is 0 Å². The number of H-pyrrole nitrogens is 1. The van der Waals surface area contributed by atoms with Crippen molar-refractivity contribution in [1.29, 1.82) is 0 Å². The minimum atomic E-state index is -0.274. The van der Waals surface area contributed by atoms with E-state index in [2.05, 4.69) is 31.4 Å². The summed E-state index contributed by atoms with van der Waals surface area (Å²) in [6.45, 7) is 3.91. The van der Waals surface area contributed by atoms with Gasteiger partial charge in [-0.3, -0.25) is 9.89 Å². The van der Waals surface area contributed by atoms with Crippen molar-refractivity contribution in [3.63, 3.8) is 0 Å². The number of halogens is 1. The van der Waals surface area contributed by atoms with Crippen molar-refractivity contribution in [3.8, 4) is 0 Å². The molecule has 1 heterocycles. The fourth-order valence-corrected chi connectivity index (χ4v) is 3.19. The van der Waals surface area contributed by atoms with Crippen LogP contribution in [0.5, 0.6) is 0 Å². The molecule has 5 nitrogen and oxygen atoms in total. The van der Waals surface area contributed by atoms with E-state index in [0.717, 1.165) is 39.8 Å².